The number of nitrogens with one attached hydrogen (secondary N) is 1. The van der Waals surface area contributed by atoms with Crippen molar-refractivity contribution in [1.82, 2.24) is 4.90 Å². The molecule has 5 heteroatoms. The maximum absolute atomic E-state index is 12.7. The largest absolute Gasteiger partial charge is 0.345 e. The first kappa shape index (κ1) is 19.6. The van der Waals surface area contributed by atoms with Crippen LogP contribution >= 0.6 is 11.3 Å². The minimum atomic E-state index is -0.101. The number of nitrogens with zero attached hydrogens (tertiary/aromatic N) is 1. The lowest BCUT2D eigenvalue weighted by atomic mass is 9.72. The van der Waals surface area contributed by atoms with Crippen LogP contribution in [0.4, 0.5) is 5.69 Å². The summed E-state index contributed by atoms with van der Waals surface area (Å²) in [6, 6.07) is 9.15. The monoisotopic (exact) mass is 384 g/mol. The third-order valence-electron chi connectivity index (χ3n) is 5.30. The van der Waals surface area contributed by atoms with Gasteiger partial charge in [0.15, 0.2) is 0 Å². The number of aryl methyl sites for hydroxylation is 1. The molecular weight excluding hydrogens is 356 g/mol. The molecule has 0 saturated carbocycles. The number of anilines is 1. The minimum absolute atomic E-state index is 0.0779. The van der Waals surface area contributed by atoms with Crippen molar-refractivity contribution in [1.29, 1.82) is 0 Å². The number of thiophene rings is 1. The van der Waals surface area contributed by atoms with Crippen molar-refractivity contribution in [2.75, 3.05) is 19.4 Å². The summed E-state index contributed by atoms with van der Waals surface area (Å²) in [6.07, 6.45) is 3.30. The van der Waals surface area contributed by atoms with E-state index in [0.29, 0.717) is 22.6 Å². The lowest BCUT2D eigenvalue weighted by molar-refractivity contribution is 0.0827. The molecule has 4 nitrogen and oxygen atoms in total. The first-order valence-electron chi connectivity index (χ1n) is 9.40. The van der Waals surface area contributed by atoms with Gasteiger partial charge in [0.05, 0.1) is 4.88 Å². The Morgan fingerprint density at radius 3 is 2.59 bits per heavy atom. The normalized spacial score (nSPS) is 16.6. The molecule has 0 saturated heterocycles. The lowest BCUT2D eigenvalue weighted by Crippen LogP contribution is -2.26. The molecule has 2 aromatic rings. The quantitative estimate of drug-likeness (QED) is 0.822. The molecule has 1 aromatic carbocycles. The van der Waals surface area contributed by atoms with Crippen molar-refractivity contribution in [3.05, 3.63) is 51.2 Å². The molecule has 0 radical (unpaired) electrons. The van der Waals surface area contributed by atoms with Gasteiger partial charge in [-0.1, -0.05) is 26.8 Å². The van der Waals surface area contributed by atoms with Crippen LogP contribution in [0.5, 0.6) is 0 Å². The smallest absolute Gasteiger partial charge is 0.265 e. The number of hydrogen-bond acceptors (Lipinski definition) is 3. The number of rotatable bonds is 3. The van der Waals surface area contributed by atoms with Gasteiger partial charge in [-0.15, -0.1) is 11.3 Å². The van der Waals surface area contributed by atoms with Crippen LogP contribution in [0.2, 0.25) is 0 Å². The van der Waals surface area contributed by atoms with Crippen LogP contribution < -0.4 is 5.32 Å². The van der Waals surface area contributed by atoms with Crippen molar-refractivity contribution in [3.8, 4) is 0 Å². The highest BCUT2D eigenvalue weighted by Crippen LogP contribution is 2.40. The number of carbonyl (C=O) groups excluding carboxylic acids is 2. The summed E-state index contributed by atoms with van der Waals surface area (Å²) >= 11 is 1.60. The molecule has 2 amide bonds. The maximum Gasteiger partial charge on any atom is 0.265 e. The third kappa shape index (κ3) is 4.41. The van der Waals surface area contributed by atoms with Gasteiger partial charge in [-0.2, -0.15) is 0 Å². The average Bonchev–Trinajstić information content (AvgIpc) is 3.04. The summed E-state index contributed by atoms with van der Waals surface area (Å²) in [5.74, 6) is 0.478. The molecule has 0 unspecified atom stereocenters. The Labute approximate surface area is 165 Å². The number of amides is 2. The number of carbonyl (C=O) groups is 2. The molecule has 1 aliphatic rings. The molecule has 0 spiro atoms. The van der Waals surface area contributed by atoms with E-state index in [0.717, 1.165) is 17.7 Å². The van der Waals surface area contributed by atoms with Gasteiger partial charge in [0.25, 0.3) is 11.8 Å². The maximum atomic E-state index is 12.7. The van der Waals surface area contributed by atoms with E-state index in [9.17, 15) is 9.59 Å². The first-order chi connectivity index (χ1) is 12.6. The lowest BCUT2D eigenvalue weighted by Gasteiger charge is -2.33. The fraction of sp³-hybridized carbons (Fsp3) is 0.455. The summed E-state index contributed by atoms with van der Waals surface area (Å²) in [5.41, 5.74) is 2.83. The zero-order valence-corrected chi connectivity index (χ0v) is 17.6. The fourth-order valence-corrected chi connectivity index (χ4v) is 4.66. The van der Waals surface area contributed by atoms with Gasteiger partial charge >= 0.3 is 0 Å². The van der Waals surface area contributed by atoms with Crippen molar-refractivity contribution in [3.63, 3.8) is 0 Å². The molecule has 0 fully saturated rings. The Balaban J connectivity index is 1.74. The molecule has 0 bridgehead atoms. The Kier molecular flexibility index (Phi) is 5.43. The van der Waals surface area contributed by atoms with Crippen LogP contribution in [-0.4, -0.2) is 30.8 Å². The van der Waals surface area contributed by atoms with Crippen LogP contribution in [0.25, 0.3) is 0 Å². The zero-order valence-electron chi connectivity index (χ0n) is 16.8. The molecule has 27 heavy (non-hydrogen) atoms. The van der Waals surface area contributed by atoms with Crippen molar-refractivity contribution < 1.29 is 9.59 Å². The van der Waals surface area contributed by atoms with E-state index in [1.54, 1.807) is 43.6 Å². The molecule has 1 N–H and O–H groups in total. The summed E-state index contributed by atoms with van der Waals surface area (Å²) in [7, 11) is 3.43. The van der Waals surface area contributed by atoms with Crippen molar-refractivity contribution in [2.24, 2.45) is 11.3 Å². The molecule has 144 valence electrons. The predicted molar refractivity (Wildman–Crippen MR) is 112 cm³/mol. The zero-order chi connectivity index (χ0) is 19.8. The Morgan fingerprint density at radius 1 is 1.19 bits per heavy atom. The van der Waals surface area contributed by atoms with E-state index in [-0.39, 0.29) is 11.8 Å². The highest BCUT2D eigenvalue weighted by molar-refractivity contribution is 7.14. The summed E-state index contributed by atoms with van der Waals surface area (Å²) < 4.78 is 0. The second-order valence-corrected chi connectivity index (χ2v) is 9.74. The van der Waals surface area contributed by atoms with Crippen molar-refractivity contribution >= 4 is 28.8 Å². The molecule has 3 rings (SSSR count). The number of hydrogen-bond donors (Lipinski definition) is 1. The summed E-state index contributed by atoms with van der Waals surface area (Å²) in [5, 5.41) is 2.94. The Morgan fingerprint density at radius 2 is 1.93 bits per heavy atom. The SMILES string of the molecule is CN(C)C(=O)c1cccc(NC(=O)c2cc3c(s2)CC[C@H](C(C)(C)C)C3)c1. The summed E-state index contributed by atoms with van der Waals surface area (Å²) in [6.45, 7) is 6.89. The van der Waals surface area contributed by atoms with E-state index in [2.05, 4.69) is 32.2 Å². The van der Waals surface area contributed by atoms with Crippen LogP contribution in [0, 0.1) is 11.3 Å². The molecule has 0 aliphatic heterocycles. The van der Waals surface area contributed by atoms with E-state index >= 15 is 0 Å². The van der Waals surface area contributed by atoms with Crippen LogP contribution in [-0.2, 0) is 12.8 Å². The highest BCUT2D eigenvalue weighted by Gasteiger charge is 2.30. The van der Waals surface area contributed by atoms with Crippen LogP contribution in [0.1, 0.15) is 57.7 Å². The molecule has 1 aromatic heterocycles. The molecular formula is C22H28N2O2S. The standard InChI is InChI=1S/C22H28N2O2S/c1-22(2,3)16-9-10-18-15(11-16)13-19(27-18)20(25)23-17-8-6-7-14(12-17)21(26)24(4)5/h6-8,12-13,16H,9-11H2,1-5H3,(H,23,25)/t16-/m0/s1. The third-order valence-corrected chi connectivity index (χ3v) is 6.54. The predicted octanol–water partition coefficient (Wildman–Crippen LogP) is 4.85. The van der Waals surface area contributed by atoms with Gasteiger partial charge in [0.2, 0.25) is 0 Å². The van der Waals surface area contributed by atoms with Crippen molar-refractivity contribution in [2.45, 2.75) is 40.0 Å². The van der Waals surface area contributed by atoms with Crippen LogP contribution in [0.15, 0.2) is 30.3 Å². The molecule has 1 heterocycles. The number of fused-ring (bicyclic) bond motifs is 1. The van der Waals surface area contributed by atoms with E-state index in [1.807, 2.05) is 6.07 Å². The van der Waals surface area contributed by atoms with Gasteiger partial charge in [-0.05, 0) is 60.4 Å². The topological polar surface area (TPSA) is 49.4 Å². The van der Waals surface area contributed by atoms with E-state index < -0.39 is 0 Å². The van der Waals surface area contributed by atoms with Gasteiger partial charge in [-0.3, -0.25) is 9.59 Å². The van der Waals surface area contributed by atoms with E-state index in [1.165, 1.54) is 21.8 Å². The second-order valence-electron chi connectivity index (χ2n) is 8.60. The molecule has 1 aliphatic carbocycles. The minimum Gasteiger partial charge on any atom is -0.345 e. The first-order valence-corrected chi connectivity index (χ1v) is 10.2. The highest BCUT2D eigenvalue weighted by atomic mass is 32.1. The van der Waals surface area contributed by atoms with Gasteiger partial charge < -0.3 is 10.2 Å². The van der Waals surface area contributed by atoms with E-state index in [4.69, 9.17) is 0 Å². The number of benzene rings is 1. The fourth-order valence-electron chi connectivity index (χ4n) is 3.56. The second kappa shape index (κ2) is 7.47. The van der Waals surface area contributed by atoms with Gasteiger partial charge in [-0.25, -0.2) is 0 Å². The Bertz CT molecular complexity index is 861. The Hall–Kier alpha value is -2.14. The summed E-state index contributed by atoms with van der Waals surface area (Å²) in [4.78, 5) is 28.5. The van der Waals surface area contributed by atoms with Gasteiger partial charge in [0.1, 0.15) is 0 Å². The molecule has 1 atom stereocenters. The average molecular weight is 385 g/mol. The van der Waals surface area contributed by atoms with Gasteiger partial charge in [0, 0.05) is 30.2 Å². The van der Waals surface area contributed by atoms with Crippen LogP contribution in [0.3, 0.4) is 0 Å².